The minimum absolute atomic E-state index is 0.0347. The monoisotopic (exact) mass is 386 g/mol. The van der Waals surface area contributed by atoms with Gasteiger partial charge in [-0.1, -0.05) is 35.3 Å². The summed E-state index contributed by atoms with van der Waals surface area (Å²) in [7, 11) is 0. The van der Waals surface area contributed by atoms with Crippen LogP contribution < -0.4 is 0 Å². The van der Waals surface area contributed by atoms with Gasteiger partial charge in [-0.25, -0.2) is 14.8 Å². The molecule has 3 aromatic heterocycles. The molecule has 0 aliphatic carbocycles. The third-order valence-corrected chi connectivity index (χ3v) is 3.77. The highest BCUT2D eigenvalue weighted by Crippen LogP contribution is 2.20. The molecule has 0 spiro atoms. The topological polar surface area (TPSA) is 91.8 Å². The lowest BCUT2D eigenvalue weighted by molar-refractivity contribution is 0.0690. The fourth-order valence-corrected chi connectivity index (χ4v) is 2.45. The van der Waals surface area contributed by atoms with Crippen LogP contribution in [-0.4, -0.2) is 31.0 Å². The van der Waals surface area contributed by atoms with Gasteiger partial charge in [-0.15, -0.1) is 0 Å². The van der Waals surface area contributed by atoms with Gasteiger partial charge in [0.1, 0.15) is 11.4 Å². The van der Waals surface area contributed by atoms with Crippen molar-refractivity contribution >= 4 is 40.2 Å². The highest BCUT2D eigenvalue weighted by Gasteiger charge is 2.06. The average molecular weight is 387 g/mol. The molecule has 0 fully saturated rings. The maximum Gasteiger partial charge on any atom is 0.354 e. The zero-order valence-electron chi connectivity index (χ0n) is 13.2. The quantitative estimate of drug-likeness (QED) is 0.520. The van der Waals surface area contributed by atoms with Gasteiger partial charge in [0.05, 0.1) is 11.0 Å². The molecule has 0 amide bonds. The predicted octanol–water partition coefficient (Wildman–Crippen LogP) is 4.71. The number of nitrogens with zero attached hydrogens (tertiary/aromatic N) is 3. The lowest BCUT2D eigenvalue weighted by Gasteiger charge is -1.94. The fourth-order valence-electron chi connectivity index (χ4n) is 2.13. The molecular formula is C18H12Cl2N4O2. The van der Waals surface area contributed by atoms with Gasteiger partial charge in [0.15, 0.2) is 5.82 Å². The van der Waals surface area contributed by atoms with E-state index >= 15 is 0 Å². The van der Waals surface area contributed by atoms with Gasteiger partial charge in [0, 0.05) is 22.4 Å². The Morgan fingerprint density at radius 1 is 0.962 bits per heavy atom. The average Bonchev–Trinajstić information content (AvgIpc) is 3.06. The molecular weight excluding hydrogens is 375 g/mol. The number of carbonyl (C=O) groups is 1. The van der Waals surface area contributed by atoms with Crippen LogP contribution in [0, 0.1) is 0 Å². The van der Waals surface area contributed by atoms with Crippen LogP contribution in [0.25, 0.3) is 22.6 Å². The zero-order valence-corrected chi connectivity index (χ0v) is 14.7. The SMILES string of the molecule is Clc1ccnc(-c2nc3ccccc3[nH]2)c1.O=C(O)c1cc(Cl)ccn1. The second-order valence-corrected chi connectivity index (χ2v) is 6.00. The Balaban J connectivity index is 0.000000170. The number of pyridine rings is 2. The van der Waals surface area contributed by atoms with E-state index in [0.29, 0.717) is 10.0 Å². The Labute approximate surface area is 158 Å². The van der Waals surface area contributed by atoms with Crippen molar-refractivity contribution in [2.75, 3.05) is 0 Å². The number of aromatic carboxylic acids is 1. The van der Waals surface area contributed by atoms with Crippen LogP contribution in [0.2, 0.25) is 10.0 Å². The van der Waals surface area contributed by atoms with E-state index in [1.807, 2.05) is 24.3 Å². The summed E-state index contributed by atoms with van der Waals surface area (Å²) in [6, 6.07) is 14.2. The summed E-state index contributed by atoms with van der Waals surface area (Å²) in [5.41, 5.74) is 2.65. The lowest BCUT2D eigenvalue weighted by Crippen LogP contribution is -1.98. The first-order chi connectivity index (χ1) is 12.5. The molecule has 3 heterocycles. The number of aromatic amines is 1. The molecule has 0 atom stereocenters. The molecule has 0 saturated heterocycles. The Hall–Kier alpha value is -2.96. The van der Waals surface area contributed by atoms with Crippen LogP contribution in [0.4, 0.5) is 0 Å². The summed E-state index contributed by atoms with van der Waals surface area (Å²) in [5.74, 6) is -0.328. The van der Waals surface area contributed by atoms with Crippen molar-refractivity contribution in [2.24, 2.45) is 0 Å². The number of H-pyrrole nitrogens is 1. The van der Waals surface area contributed by atoms with E-state index in [2.05, 4.69) is 19.9 Å². The van der Waals surface area contributed by atoms with Crippen molar-refractivity contribution in [1.29, 1.82) is 0 Å². The van der Waals surface area contributed by atoms with Crippen LogP contribution in [-0.2, 0) is 0 Å². The number of hydrogen-bond donors (Lipinski definition) is 2. The smallest absolute Gasteiger partial charge is 0.354 e. The highest BCUT2D eigenvalue weighted by atomic mass is 35.5. The van der Waals surface area contributed by atoms with E-state index in [1.165, 1.54) is 18.3 Å². The molecule has 8 heteroatoms. The molecule has 0 bridgehead atoms. The van der Waals surface area contributed by atoms with Gasteiger partial charge in [-0.05, 0) is 36.4 Å². The molecule has 0 radical (unpaired) electrons. The summed E-state index contributed by atoms with van der Waals surface area (Å²) in [5, 5.41) is 9.43. The largest absolute Gasteiger partial charge is 0.477 e. The van der Waals surface area contributed by atoms with Gasteiger partial charge in [-0.3, -0.25) is 4.98 Å². The third-order valence-electron chi connectivity index (χ3n) is 3.30. The fraction of sp³-hybridized carbons (Fsp3) is 0. The normalized spacial score (nSPS) is 10.2. The second kappa shape index (κ2) is 7.95. The van der Waals surface area contributed by atoms with Crippen LogP contribution in [0.3, 0.4) is 0 Å². The predicted molar refractivity (Wildman–Crippen MR) is 101 cm³/mol. The Morgan fingerprint density at radius 2 is 1.65 bits per heavy atom. The van der Waals surface area contributed by atoms with E-state index < -0.39 is 5.97 Å². The number of rotatable bonds is 2. The van der Waals surface area contributed by atoms with Crippen molar-refractivity contribution in [1.82, 2.24) is 19.9 Å². The third kappa shape index (κ3) is 4.36. The zero-order chi connectivity index (χ0) is 18.5. The summed E-state index contributed by atoms with van der Waals surface area (Å²) in [4.78, 5) is 25.7. The van der Waals surface area contributed by atoms with Gasteiger partial charge in [0.2, 0.25) is 0 Å². The number of aromatic nitrogens is 4. The number of imidazole rings is 1. The van der Waals surface area contributed by atoms with Crippen molar-refractivity contribution < 1.29 is 9.90 Å². The number of nitrogens with one attached hydrogen (secondary N) is 1. The molecule has 4 rings (SSSR count). The van der Waals surface area contributed by atoms with Crippen molar-refractivity contribution in [3.8, 4) is 11.5 Å². The molecule has 26 heavy (non-hydrogen) atoms. The summed E-state index contributed by atoms with van der Waals surface area (Å²) in [6.07, 6.45) is 3.02. The molecule has 0 saturated carbocycles. The number of benzene rings is 1. The lowest BCUT2D eigenvalue weighted by atomic mass is 10.3. The molecule has 2 N–H and O–H groups in total. The molecule has 4 aromatic rings. The Kier molecular flexibility index (Phi) is 5.46. The van der Waals surface area contributed by atoms with E-state index in [1.54, 1.807) is 18.3 Å². The van der Waals surface area contributed by atoms with Gasteiger partial charge in [-0.2, -0.15) is 0 Å². The molecule has 0 unspecified atom stereocenters. The van der Waals surface area contributed by atoms with Crippen LogP contribution in [0.1, 0.15) is 10.5 Å². The first kappa shape index (κ1) is 17.8. The van der Waals surface area contributed by atoms with E-state index in [-0.39, 0.29) is 5.69 Å². The minimum atomic E-state index is -1.07. The number of fused-ring (bicyclic) bond motifs is 1. The Bertz CT molecular complexity index is 1030. The number of hydrogen-bond acceptors (Lipinski definition) is 4. The van der Waals surface area contributed by atoms with Crippen molar-refractivity contribution in [3.63, 3.8) is 0 Å². The van der Waals surface area contributed by atoms with E-state index in [4.69, 9.17) is 28.3 Å². The second-order valence-electron chi connectivity index (χ2n) is 5.13. The van der Waals surface area contributed by atoms with E-state index in [0.717, 1.165) is 22.6 Å². The highest BCUT2D eigenvalue weighted by molar-refractivity contribution is 6.31. The number of para-hydroxylation sites is 2. The maximum atomic E-state index is 10.2. The van der Waals surface area contributed by atoms with Crippen LogP contribution >= 0.6 is 23.2 Å². The number of carboxylic acids is 1. The van der Waals surface area contributed by atoms with Crippen molar-refractivity contribution in [2.45, 2.75) is 0 Å². The number of carboxylic acid groups (broad SMARTS) is 1. The van der Waals surface area contributed by atoms with Crippen LogP contribution in [0.15, 0.2) is 60.9 Å². The number of halogens is 2. The van der Waals surface area contributed by atoms with Gasteiger partial charge < -0.3 is 10.1 Å². The molecule has 1 aromatic carbocycles. The first-order valence-electron chi connectivity index (χ1n) is 7.44. The van der Waals surface area contributed by atoms with Gasteiger partial charge in [0.25, 0.3) is 0 Å². The van der Waals surface area contributed by atoms with Gasteiger partial charge >= 0.3 is 5.97 Å². The molecule has 0 aliphatic heterocycles. The first-order valence-corrected chi connectivity index (χ1v) is 8.20. The minimum Gasteiger partial charge on any atom is -0.477 e. The molecule has 130 valence electrons. The van der Waals surface area contributed by atoms with E-state index in [9.17, 15) is 4.79 Å². The standard InChI is InChI=1S/C12H8ClN3.C6H4ClNO2/c13-8-5-6-14-11(7-8)12-15-9-3-1-2-4-10(9)16-12;7-4-1-2-8-5(3-4)6(9)10/h1-7H,(H,15,16);1-3H,(H,9,10). The van der Waals surface area contributed by atoms with Crippen LogP contribution in [0.5, 0.6) is 0 Å². The summed E-state index contributed by atoms with van der Waals surface area (Å²) < 4.78 is 0. The van der Waals surface area contributed by atoms with Crippen molar-refractivity contribution in [3.05, 3.63) is 76.7 Å². The summed E-state index contributed by atoms with van der Waals surface area (Å²) >= 11 is 11.4. The molecule has 0 aliphatic rings. The molecule has 6 nitrogen and oxygen atoms in total. The maximum absolute atomic E-state index is 10.2. The summed E-state index contributed by atoms with van der Waals surface area (Å²) in [6.45, 7) is 0. The Morgan fingerprint density at radius 3 is 2.27 bits per heavy atom.